The van der Waals surface area contributed by atoms with E-state index in [1.54, 1.807) is 7.05 Å². The zero-order valence-electron chi connectivity index (χ0n) is 18.1. The van der Waals surface area contributed by atoms with Crippen molar-refractivity contribution in [2.75, 3.05) is 79.3 Å². The molecule has 3 rings (SSSR count). The highest BCUT2D eigenvalue weighted by Crippen LogP contribution is 2.21. The summed E-state index contributed by atoms with van der Waals surface area (Å²) in [5.41, 5.74) is 1.10. The van der Waals surface area contributed by atoms with Gasteiger partial charge in [-0.25, -0.2) is 4.39 Å². The first-order valence-corrected chi connectivity index (χ1v) is 11.1. The summed E-state index contributed by atoms with van der Waals surface area (Å²) in [4.78, 5) is 9.22. The van der Waals surface area contributed by atoms with Crippen molar-refractivity contribution in [2.45, 2.75) is 18.9 Å². The number of hydrogen-bond acceptors (Lipinski definition) is 5. The second-order valence-electron chi connectivity index (χ2n) is 7.76. The van der Waals surface area contributed by atoms with Gasteiger partial charge in [0.05, 0.1) is 32.5 Å². The third kappa shape index (κ3) is 7.50. The fourth-order valence-electron chi connectivity index (χ4n) is 3.94. The van der Waals surface area contributed by atoms with Crippen LogP contribution >= 0.6 is 0 Å². The summed E-state index contributed by atoms with van der Waals surface area (Å²) >= 11 is 0. The molecule has 1 aromatic rings. The predicted molar refractivity (Wildman–Crippen MR) is 117 cm³/mol. The van der Waals surface area contributed by atoms with Gasteiger partial charge >= 0.3 is 0 Å². The molecule has 0 saturated carbocycles. The molecule has 2 fully saturated rings. The van der Waals surface area contributed by atoms with Crippen molar-refractivity contribution >= 4 is 5.96 Å². The predicted octanol–water partition coefficient (Wildman–Crippen LogP) is 1.48. The number of ether oxygens (including phenoxy) is 2. The van der Waals surface area contributed by atoms with E-state index in [2.05, 4.69) is 25.4 Å². The lowest BCUT2D eigenvalue weighted by atomic mass is 10.0. The standard InChI is InChI=1S/C22H36FN5O2/c1-24-22(25-8-2-3-9-27-10-14-29-15-11-27)26-18-21(28-12-16-30-17-13-28)19-4-6-20(23)7-5-19/h4-7,21H,2-3,8-18H2,1H3,(H2,24,25,26). The van der Waals surface area contributed by atoms with Gasteiger partial charge in [0.15, 0.2) is 5.96 Å². The zero-order chi connectivity index (χ0) is 21.0. The second kappa shape index (κ2) is 12.8. The van der Waals surface area contributed by atoms with Crippen molar-refractivity contribution in [3.05, 3.63) is 35.6 Å². The van der Waals surface area contributed by atoms with Gasteiger partial charge in [0, 0.05) is 46.3 Å². The number of halogens is 1. The van der Waals surface area contributed by atoms with Crippen molar-refractivity contribution in [1.82, 2.24) is 20.4 Å². The molecule has 0 aliphatic carbocycles. The highest BCUT2D eigenvalue weighted by atomic mass is 19.1. The van der Waals surface area contributed by atoms with Gasteiger partial charge in [-0.05, 0) is 37.1 Å². The number of guanidine groups is 1. The van der Waals surface area contributed by atoms with Crippen LogP contribution < -0.4 is 10.6 Å². The highest BCUT2D eigenvalue weighted by molar-refractivity contribution is 5.79. The maximum absolute atomic E-state index is 13.4. The zero-order valence-corrected chi connectivity index (χ0v) is 18.1. The van der Waals surface area contributed by atoms with E-state index in [4.69, 9.17) is 9.47 Å². The summed E-state index contributed by atoms with van der Waals surface area (Å²) in [6.07, 6.45) is 2.26. The maximum atomic E-state index is 13.4. The van der Waals surface area contributed by atoms with Gasteiger partial charge in [-0.15, -0.1) is 0 Å². The molecule has 30 heavy (non-hydrogen) atoms. The molecule has 8 heteroatoms. The molecule has 168 valence electrons. The molecule has 7 nitrogen and oxygen atoms in total. The summed E-state index contributed by atoms with van der Waals surface area (Å²) in [5.74, 6) is 0.601. The smallest absolute Gasteiger partial charge is 0.191 e. The van der Waals surface area contributed by atoms with E-state index in [0.717, 1.165) is 90.1 Å². The van der Waals surface area contributed by atoms with E-state index < -0.39 is 0 Å². The first-order valence-electron chi connectivity index (χ1n) is 11.1. The van der Waals surface area contributed by atoms with Gasteiger partial charge in [-0.1, -0.05) is 12.1 Å². The van der Waals surface area contributed by atoms with Crippen LogP contribution in [-0.2, 0) is 9.47 Å². The molecular weight excluding hydrogens is 385 g/mol. The third-order valence-corrected chi connectivity index (χ3v) is 5.72. The van der Waals surface area contributed by atoms with E-state index in [0.29, 0.717) is 6.54 Å². The van der Waals surface area contributed by atoms with E-state index in [1.165, 1.54) is 12.1 Å². The Morgan fingerprint density at radius 2 is 1.67 bits per heavy atom. The fourth-order valence-corrected chi connectivity index (χ4v) is 3.94. The minimum Gasteiger partial charge on any atom is -0.379 e. The molecule has 2 N–H and O–H groups in total. The Kier molecular flexibility index (Phi) is 9.82. The Morgan fingerprint density at radius 3 is 2.33 bits per heavy atom. The molecule has 0 aromatic heterocycles. The van der Waals surface area contributed by atoms with Crippen molar-refractivity contribution in [3.8, 4) is 0 Å². The molecule has 2 aliphatic heterocycles. The van der Waals surface area contributed by atoms with Crippen LogP contribution in [0.15, 0.2) is 29.3 Å². The number of unbranched alkanes of at least 4 members (excludes halogenated alkanes) is 1. The molecule has 2 saturated heterocycles. The summed E-state index contributed by atoms with van der Waals surface area (Å²) in [5, 5.41) is 6.87. The van der Waals surface area contributed by atoms with Crippen LogP contribution in [0.4, 0.5) is 4.39 Å². The molecule has 0 radical (unpaired) electrons. The first kappa shape index (κ1) is 22.9. The molecule has 2 heterocycles. The second-order valence-corrected chi connectivity index (χ2v) is 7.76. The normalized spacial score (nSPS) is 20.1. The Morgan fingerprint density at radius 1 is 1.00 bits per heavy atom. The first-order chi connectivity index (χ1) is 14.8. The van der Waals surface area contributed by atoms with Crippen molar-refractivity contribution in [2.24, 2.45) is 4.99 Å². The van der Waals surface area contributed by atoms with Crippen LogP contribution in [-0.4, -0.2) is 95.0 Å². The van der Waals surface area contributed by atoms with E-state index in [1.807, 2.05) is 12.1 Å². The Bertz CT molecular complexity index is 631. The monoisotopic (exact) mass is 421 g/mol. The minimum atomic E-state index is -0.206. The number of aliphatic imine (C=N–C) groups is 1. The van der Waals surface area contributed by atoms with Crippen LogP contribution in [0.5, 0.6) is 0 Å². The average molecular weight is 422 g/mol. The largest absolute Gasteiger partial charge is 0.379 e. The van der Waals surface area contributed by atoms with Gasteiger partial charge < -0.3 is 20.1 Å². The van der Waals surface area contributed by atoms with E-state index >= 15 is 0 Å². The summed E-state index contributed by atoms with van der Waals surface area (Å²) < 4.78 is 24.3. The quantitative estimate of drug-likeness (QED) is 0.358. The van der Waals surface area contributed by atoms with E-state index in [-0.39, 0.29) is 11.9 Å². The topological polar surface area (TPSA) is 61.4 Å². The lowest BCUT2D eigenvalue weighted by molar-refractivity contribution is 0.0170. The highest BCUT2D eigenvalue weighted by Gasteiger charge is 2.23. The van der Waals surface area contributed by atoms with Crippen LogP contribution in [0.3, 0.4) is 0 Å². The van der Waals surface area contributed by atoms with Crippen LogP contribution in [0.2, 0.25) is 0 Å². The average Bonchev–Trinajstić information content (AvgIpc) is 2.80. The lowest BCUT2D eigenvalue weighted by Gasteiger charge is -2.35. The number of benzene rings is 1. The Balaban J connectivity index is 1.43. The molecule has 0 amide bonds. The van der Waals surface area contributed by atoms with E-state index in [9.17, 15) is 4.39 Å². The molecule has 0 spiro atoms. The Labute approximate surface area is 179 Å². The molecule has 1 unspecified atom stereocenters. The number of hydrogen-bond donors (Lipinski definition) is 2. The molecule has 0 bridgehead atoms. The molecular formula is C22H36FN5O2. The molecule has 2 aliphatic rings. The molecule has 1 aromatic carbocycles. The summed E-state index contributed by atoms with van der Waals surface area (Å²) in [6, 6.07) is 6.96. The number of nitrogens with one attached hydrogen (secondary N) is 2. The van der Waals surface area contributed by atoms with Crippen molar-refractivity contribution in [1.29, 1.82) is 0 Å². The van der Waals surface area contributed by atoms with Gasteiger partial charge in [0.2, 0.25) is 0 Å². The minimum absolute atomic E-state index is 0.148. The maximum Gasteiger partial charge on any atom is 0.191 e. The van der Waals surface area contributed by atoms with Gasteiger partial charge in [0.25, 0.3) is 0 Å². The number of morpholine rings is 2. The third-order valence-electron chi connectivity index (χ3n) is 5.72. The molecule has 1 atom stereocenters. The number of rotatable bonds is 9. The Hall–Kier alpha value is -1.74. The van der Waals surface area contributed by atoms with Gasteiger partial charge in [-0.2, -0.15) is 0 Å². The summed E-state index contributed by atoms with van der Waals surface area (Å²) in [6.45, 7) is 9.73. The van der Waals surface area contributed by atoms with Gasteiger partial charge in [-0.3, -0.25) is 14.8 Å². The van der Waals surface area contributed by atoms with Crippen LogP contribution in [0, 0.1) is 5.82 Å². The SMILES string of the molecule is CN=C(NCCCCN1CCOCC1)NCC(c1ccc(F)cc1)N1CCOCC1. The number of nitrogens with zero attached hydrogens (tertiary/aromatic N) is 3. The summed E-state index contributed by atoms with van der Waals surface area (Å²) in [7, 11) is 1.80. The lowest BCUT2D eigenvalue weighted by Crippen LogP contribution is -2.46. The fraction of sp³-hybridized carbons (Fsp3) is 0.682. The van der Waals surface area contributed by atoms with Crippen molar-refractivity contribution in [3.63, 3.8) is 0 Å². The van der Waals surface area contributed by atoms with Crippen molar-refractivity contribution < 1.29 is 13.9 Å². The van der Waals surface area contributed by atoms with Crippen LogP contribution in [0.25, 0.3) is 0 Å². The van der Waals surface area contributed by atoms with Gasteiger partial charge in [0.1, 0.15) is 5.82 Å². The van der Waals surface area contributed by atoms with Crippen LogP contribution in [0.1, 0.15) is 24.4 Å².